The summed E-state index contributed by atoms with van der Waals surface area (Å²) in [5.74, 6) is -7.52. The summed E-state index contributed by atoms with van der Waals surface area (Å²) >= 11 is 0. The zero-order valence-electron chi connectivity index (χ0n) is 18.2. The number of carboxylic acid groups (broad SMARTS) is 2. The third-order valence-electron chi connectivity index (χ3n) is 5.19. The van der Waals surface area contributed by atoms with E-state index in [0.29, 0.717) is 5.57 Å². The SMILES string of the molecule is C=C(C)[C@H]1CN[C@H](C(=O)OC(=O)CC[C@H](N)C(=O)O)[C@H]1CC(=O)OC(=O)CC[C@H](N)C(=O)O. The Morgan fingerprint density at radius 2 is 1.42 bits per heavy atom. The lowest BCUT2D eigenvalue weighted by Crippen LogP contribution is -2.40. The quantitative estimate of drug-likeness (QED) is 0.127. The average Bonchev–Trinajstić information content (AvgIpc) is 3.13. The molecule has 0 aromatic carbocycles. The molecule has 1 heterocycles. The van der Waals surface area contributed by atoms with Crippen molar-refractivity contribution >= 4 is 35.8 Å². The second kappa shape index (κ2) is 12.8. The highest BCUT2D eigenvalue weighted by molar-refractivity contribution is 5.90. The first-order valence-electron chi connectivity index (χ1n) is 10.2. The number of ether oxygens (including phenoxy) is 2. The Kier molecular flexibility index (Phi) is 10.8. The maximum atomic E-state index is 12.5. The number of aliphatic carboxylic acids is 2. The molecule has 0 aliphatic carbocycles. The van der Waals surface area contributed by atoms with Gasteiger partial charge in [-0.1, -0.05) is 12.2 Å². The summed E-state index contributed by atoms with van der Waals surface area (Å²) in [5, 5.41) is 20.3. The van der Waals surface area contributed by atoms with Gasteiger partial charge in [0.2, 0.25) is 0 Å². The molecule has 13 heteroatoms. The molecular weight excluding hydrogens is 442 g/mol. The highest BCUT2D eigenvalue weighted by atomic mass is 16.6. The van der Waals surface area contributed by atoms with Gasteiger partial charge < -0.3 is 36.5 Å². The molecule has 7 N–H and O–H groups in total. The topological polar surface area (TPSA) is 225 Å². The van der Waals surface area contributed by atoms with Crippen molar-refractivity contribution in [2.75, 3.05) is 6.54 Å². The van der Waals surface area contributed by atoms with Crippen LogP contribution in [0.15, 0.2) is 12.2 Å². The van der Waals surface area contributed by atoms with E-state index in [0.717, 1.165) is 0 Å². The minimum atomic E-state index is -1.30. The molecule has 0 bridgehead atoms. The van der Waals surface area contributed by atoms with Crippen molar-refractivity contribution in [2.45, 2.75) is 57.2 Å². The number of carbonyl (C=O) groups excluding carboxylic acids is 4. The van der Waals surface area contributed by atoms with Gasteiger partial charge in [0.1, 0.15) is 18.1 Å². The summed E-state index contributed by atoms with van der Waals surface area (Å²) in [4.78, 5) is 69.8. The van der Waals surface area contributed by atoms with Crippen molar-refractivity contribution in [3.63, 3.8) is 0 Å². The number of nitrogens with two attached hydrogens (primary N) is 2. The minimum absolute atomic E-state index is 0.219. The Morgan fingerprint density at radius 3 is 1.88 bits per heavy atom. The highest BCUT2D eigenvalue weighted by Crippen LogP contribution is 2.32. The lowest BCUT2D eigenvalue weighted by Gasteiger charge is -2.22. The van der Waals surface area contributed by atoms with Gasteiger partial charge in [-0.25, -0.2) is 4.79 Å². The first kappa shape index (κ1) is 27.9. The first-order valence-corrected chi connectivity index (χ1v) is 10.2. The van der Waals surface area contributed by atoms with E-state index in [-0.39, 0.29) is 38.1 Å². The molecule has 0 aromatic heterocycles. The second-order valence-corrected chi connectivity index (χ2v) is 7.81. The normalized spacial score (nSPS) is 21.5. The van der Waals surface area contributed by atoms with Gasteiger partial charge in [0.15, 0.2) is 0 Å². The van der Waals surface area contributed by atoms with Crippen LogP contribution in [0.1, 0.15) is 39.0 Å². The van der Waals surface area contributed by atoms with Crippen LogP contribution in [0.3, 0.4) is 0 Å². The number of nitrogens with one attached hydrogen (secondary N) is 1. The summed E-state index contributed by atoms with van der Waals surface area (Å²) in [7, 11) is 0. The number of carboxylic acids is 2. The summed E-state index contributed by atoms with van der Waals surface area (Å²) in [6, 6.07) is -3.64. The number of hydrogen-bond donors (Lipinski definition) is 5. The van der Waals surface area contributed by atoms with Crippen LogP contribution in [0.5, 0.6) is 0 Å². The molecule has 0 spiro atoms. The zero-order valence-corrected chi connectivity index (χ0v) is 18.2. The van der Waals surface area contributed by atoms with E-state index in [1.807, 2.05) is 0 Å². The van der Waals surface area contributed by atoms with Crippen molar-refractivity contribution in [3.8, 4) is 0 Å². The molecule has 0 saturated carbocycles. The van der Waals surface area contributed by atoms with Gasteiger partial charge in [0.25, 0.3) is 0 Å². The standard InChI is InChI=1S/C20H29N3O10/c1-9(2)11-8-23-17(20(31)33-15(25)6-4-13(22)19(29)30)10(11)7-16(26)32-14(24)5-3-12(21)18(27)28/h10-13,17,23H,1,3-8,21-22H2,2H3,(H,27,28)(H,29,30)/t10-,11+,12-,13-,17-/m0/s1. The Bertz CT molecular complexity index is 812. The van der Waals surface area contributed by atoms with E-state index in [1.165, 1.54) is 0 Å². The fraction of sp³-hybridized carbons (Fsp3) is 0.600. The molecular formula is C20H29N3O10. The van der Waals surface area contributed by atoms with Gasteiger partial charge in [0, 0.05) is 25.3 Å². The van der Waals surface area contributed by atoms with Crippen molar-refractivity contribution in [2.24, 2.45) is 23.3 Å². The van der Waals surface area contributed by atoms with Gasteiger partial charge in [-0.3, -0.25) is 24.0 Å². The molecule has 1 fully saturated rings. The van der Waals surface area contributed by atoms with E-state index in [1.54, 1.807) is 6.92 Å². The van der Waals surface area contributed by atoms with Gasteiger partial charge in [-0.05, 0) is 25.7 Å². The third-order valence-corrected chi connectivity index (χ3v) is 5.19. The molecule has 0 unspecified atom stereocenters. The van der Waals surface area contributed by atoms with Crippen LogP contribution in [0.2, 0.25) is 0 Å². The molecule has 33 heavy (non-hydrogen) atoms. The molecule has 1 aliphatic rings. The van der Waals surface area contributed by atoms with Crippen molar-refractivity contribution in [1.29, 1.82) is 0 Å². The first-order chi connectivity index (χ1) is 15.3. The minimum Gasteiger partial charge on any atom is -0.480 e. The van der Waals surface area contributed by atoms with Crippen molar-refractivity contribution < 1.29 is 48.5 Å². The number of rotatable bonds is 12. The lowest BCUT2D eigenvalue weighted by atomic mass is 9.84. The van der Waals surface area contributed by atoms with E-state index < -0.39 is 66.3 Å². The number of carbonyl (C=O) groups is 6. The maximum absolute atomic E-state index is 12.5. The molecule has 1 rings (SSSR count). The fourth-order valence-electron chi connectivity index (χ4n) is 3.28. The molecule has 1 aliphatic heterocycles. The van der Waals surface area contributed by atoms with Gasteiger partial charge >= 0.3 is 35.8 Å². The summed E-state index contributed by atoms with van der Waals surface area (Å²) in [6.07, 6.45) is -1.60. The van der Waals surface area contributed by atoms with Gasteiger partial charge in [-0.2, -0.15) is 0 Å². The van der Waals surface area contributed by atoms with E-state index in [2.05, 4.69) is 11.9 Å². The van der Waals surface area contributed by atoms with Crippen LogP contribution in [-0.2, 0) is 38.2 Å². The zero-order chi connectivity index (χ0) is 25.3. The molecule has 0 radical (unpaired) electrons. The molecule has 5 atom stereocenters. The Balaban J connectivity index is 2.71. The van der Waals surface area contributed by atoms with Crippen LogP contribution in [0.4, 0.5) is 0 Å². The van der Waals surface area contributed by atoms with Gasteiger partial charge in [0.05, 0.1) is 6.42 Å². The Morgan fingerprint density at radius 1 is 0.939 bits per heavy atom. The summed E-state index contributed by atoms with van der Waals surface area (Å²) < 4.78 is 9.46. The molecule has 13 nitrogen and oxygen atoms in total. The van der Waals surface area contributed by atoms with Crippen LogP contribution >= 0.6 is 0 Å². The molecule has 0 amide bonds. The van der Waals surface area contributed by atoms with Crippen LogP contribution in [0.25, 0.3) is 0 Å². The Hall–Kier alpha value is -3.16. The molecule has 184 valence electrons. The largest absolute Gasteiger partial charge is 0.480 e. The van der Waals surface area contributed by atoms with Crippen molar-refractivity contribution in [1.82, 2.24) is 5.32 Å². The van der Waals surface area contributed by atoms with E-state index in [9.17, 15) is 28.8 Å². The number of hydrogen-bond acceptors (Lipinski definition) is 11. The monoisotopic (exact) mass is 471 g/mol. The van der Waals surface area contributed by atoms with Crippen LogP contribution < -0.4 is 16.8 Å². The van der Waals surface area contributed by atoms with E-state index in [4.69, 9.17) is 31.2 Å². The predicted molar refractivity (Wildman–Crippen MR) is 110 cm³/mol. The molecule has 1 saturated heterocycles. The third kappa shape index (κ3) is 9.08. The second-order valence-electron chi connectivity index (χ2n) is 7.81. The highest BCUT2D eigenvalue weighted by Gasteiger charge is 2.43. The maximum Gasteiger partial charge on any atom is 0.331 e. The Labute approximate surface area is 189 Å². The summed E-state index contributed by atoms with van der Waals surface area (Å²) in [5.41, 5.74) is 11.3. The smallest absolute Gasteiger partial charge is 0.331 e. The molecule has 0 aromatic rings. The van der Waals surface area contributed by atoms with E-state index >= 15 is 0 Å². The number of esters is 4. The van der Waals surface area contributed by atoms with Crippen molar-refractivity contribution in [3.05, 3.63) is 12.2 Å². The predicted octanol–water partition coefficient (Wildman–Crippen LogP) is -1.32. The lowest BCUT2D eigenvalue weighted by molar-refractivity contribution is -0.162. The summed E-state index contributed by atoms with van der Waals surface area (Å²) in [6.45, 7) is 5.77. The van der Waals surface area contributed by atoms with Gasteiger partial charge in [-0.15, -0.1) is 0 Å². The van der Waals surface area contributed by atoms with Crippen LogP contribution in [-0.4, -0.2) is 70.7 Å². The van der Waals surface area contributed by atoms with Crippen LogP contribution in [0, 0.1) is 11.8 Å². The average molecular weight is 471 g/mol. The fourth-order valence-corrected chi connectivity index (χ4v) is 3.28.